The molecule has 1 aliphatic carbocycles. The van der Waals surface area contributed by atoms with Crippen molar-refractivity contribution in [3.8, 4) is 0 Å². The van der Waals surface area contributed by atoms with Crippen molar-refractivity contribution in [2.24, 2.45) is 5.41 Å². The van der Waals surface area contributed by atoms with E-state index in [1.54, 1.807) is 18.3 Å². The number of likely N-dealkylation sites (tertiary alicyclic amines) is 1. The zero-order valence-electron chi connectivity index (χ0n) is 16.6. The average Bonchev–Trinajstić information content (AvgIpc) is 3.02. The summed E-state index contributed by atoms with van der Waals surface area (Å²) in [4.78, 5) is 21.5. The number of amides is 1. The van der Waals surface area contributed by atoms with Crippen molar-refractivity contribution in [3.05, 3.63) is 40.6 Å². The fraction of sp³-hybridized carbons (Fsp3) is 0.619. The van der Waals surface area contributed by atoms with Crippen LogP contribution in [0.3, 0.4) is 0 Å². The van der Waals surface area contributed by atoms with Gasteiger partial charge in [-0.25, -0.2) is 4.98 Å². The lowest BCUT2D eigenvalue weighted by molar-refractivity contribution is -0.130. The molecular weight excluding hydrogens is 356 g/mol. The Bertz CT molecular complexity index is 774. The lowest BCUT2D eigenvalue weighted by Gasteiger charge is -2.34. The maximum atomic E-state index is 12.3. The van der Waals surface area contributed by atoms with E-state index < -0.39 is 0 Å². The number of hydrogen-bond donors (Lipinski definition) is 0. The molecule has 1 spiro atoms. The Morgan fingerprint density at radius 2 is 2.19 bits per heavy atom. The van der Waals surface area contributed by atoms with Gasteiger partial charge in [0.05, 0.1) is 6.54 Å². The Morgan fingerprint density at radius 1 is 1.41 bits per heavy atom. The topological polar surface area (TPSA) is 41.4 Å². The van der Waals surface area contributed by atoms with Crippen molar-refractivity contribution in [3.63, 3.8) is 0 Å². The predicted octanol–water partition coefficient (Wildman–Crippen LogP) is 3.93. The highest BCUT2D eigenvalue weighted by Gasteiger charge is 2.58. The average molecular weight is 387 g/mol. The van der Waals surface area contributed by atoms with Crippen LogP contribution in [0.1, 0.15) is 57.5 Å². The van der Waals surface area contributed by atoms with Gasteiger partial charge in [0.2, 0.25) is 5.91 Å². The van der Waals surface area contributed by atoms with Crippen molar-refractivity contribution in [2.45, 2.75) is 65.2 Å². The SMILES string of the molecule is CC(=O)N(Cc1ccsc1)[C@H]1CC12CCN(Cc1nccn1C(C)C)CC2. The number of piperidine rings is 1. The van der Waals surface area contributed by atoms with Gasteiger partial charge in [0, 0.05) is 37.9 Å². The van der Waals surface area contributed by atoms with E-state index in [9.17, 15) is 4.79 Å². The summed E-state index contributed by atoms with van der Waals surface area (Å²) in [5, 5.41) is 4.25. The van der Waals surface area contributed by atoms with Crippen LogP contribution in [-0.4, -0.2) is 44.4 Å². The molecule has 0 N–H and O–H groups in total. The summed E-state index contributed by atoms with van der Waals surface area (Å²) in [5.41, 5.74) is 1.61. The molecule has 0 bridgehead atoms. The number of nitrogens with zero attached hydrogens (tertiary/aromatic N) is 4. The molecule has 27 heavy (non-hydrogen) atoms. The number of rotatable bonds is 6. The van der Waals surface area contributed by atoms with E-state index in [0.717, 1.165) is 32.0 Å². The second kappa shape index (κ2) is 7.40. The molecule has 2 fully saturated rings. The van der Waals surface area contributed by atoms with E-state index in [1.165, 1.54) is 24.8 Å². The van der Waals surface area contributed by atoms with Gasteiger partial charge in [-0.3, -0.25) is 9.69 Å². The summed E-state index contributed by atoms with van der Waals surface area (Å²) in [6.45, 7) is 10.0. The summed E-state index contributed by atoms with van der Waals surface area (Å²) >= 11 is 1.70. The Morgan fingerprint density at radius 3 is 2.81 bits per heavy atom. The monoisotopic (exact) mass is 386 g/mol. The van der Waals surface area contributed by atoms with Crippen LogP contribution < -0.4 is 0 Å². The Hall–Kier alpha value is -1.66. The van der Waals surface area contributed by atoms with Crippen LogP contribution in [0.5, 0.6) is 0 Å². The van der Waals surface area contributed by atoms with Crippen LogP contribution in [-0.2, 0) is 17.9 Å². The standard InChI is InChI=1S/C21H30N4OS/c1-16(2)24-10-7-22-20(24)14-23-8-5-21(6-9-23)12-19(21)25(17(3)26)13-18-4-11-27-15-18/h4,7,10-11,15-16,19H,5-6,8-9,12-14H2,1-3H3/t19-/m0/s1. The van der Waals surface area contributed by atoms with E-state index in [2.05, 4.69) is 56.2 Å². The van der Waals surface area contributed by atoms with Gasteiger partial charge < -0.3 is 9.47 Å². The summed E-state index contributed by atoms with van der Waals surface area (Å²) < 4.78 is 2.27. The number of carbonyl (C=O) groups is 1. The second-order valence-corrected chi connectivity index (χ2v) is 9.26. The van der Waals surface area contributed by atoms with Crippen LogP contribution in [0.4, 0.5) is 0 Å². The minimum Gasteiger partial charge on any atom is -0.335 e. The van der Waals surface area contributed by atoms with Crippen molar-refractivity contribution in [1.82, 2.24) is 19.4 Å². The van der Waals surface area contributed by atoms with Crippen molar-refractivity contribution in [2.75, 3.05) is 13.1 Å². The molecule has 2 aromatic rings. The molecule has 0 aromatic carbocycles. The van der Waals surface area contributed by atoms with Crippen molar-refractivity contribution < 1.29 is 4.79 Å². The highest BCUT2D eigenvalue weighted by atomic mass is 32.1. The number of imidazole rings is 1. The van der Waals surface area contributed by atoms with Gasteiger partial charge in [0.25, 0.3) is 0 Å². The van der Waals surface area contributed by atoms with Crippen molar-refractivity contribution >= 4 is 17.2 Å². The highest BCUT2D eigenvalue weighted by Crippen LogP contribution is 2.57. The minimum atomic E-state index is 0.212. The normalized spacial score (nSPS) is 21.7. The number of thiophene rings is 1. The maximum Gasteiger partial charge on any atom is 0.220 e. The second-order valence-electron chi connectivity index (χ2n) is 8.48. The first-order chi connectivity index (χ1) is 13.0. The third-order valence-corrected chi connectivity index (χ3v) is 7.11. The largest absolute Gasteiger partial charge is 0.335 e. The Balaban J connectivity index is 1.35. The summed E-state index contributed by atoms with van der Waals surface area (Å²) in [5.74, 6) is 1.38. The molecule has 5 nitrogen and oxygen atoms in total. The van der Waals surface area contributed by atoms with E-state index in [0.29, 0.717) is 17.5 Å². The molecule has 2 aliphatic rings. The maximum absolute atomic E-state index is 12.3. The summed E-state index contributed by atoms with van der Waals surface area (Å²) in [6.07, 6.45) is 7.54. The fourth-order valence-electron chi connectivity index (χ4n) is 4.62. The van der Waals surface area contributed by atoms with Gasteiger partial charge in [-0.15, -0.1) is 0 Å². The van der Waals surface area contributed by atoms with Gasteiger partial charge in [0.15, 0.2) is 0 Å². The highest BCUT2D eigenvalue weighted by molar-refractivity contribution is 7.07. The minimum absolute atomic E-state index is 0.212. The number of carbonyl (C=O) groups excluding carboxylic acids is 1. The van der Waals surface area contributed by atoms with E-state index in [-0.39, 0.29) is 5.91 Å². The van der Waals surface area contributed by atoms with Gasteiger partial charge in [-0.05, 0) is 74.0 Å². The first-order valence-corrected chi connectivity index (χ1v) is 11.0. The third kappa shape index (κ3) is 3.83. The van der Waals surface area contributed by atoms with Gasteiger partial charge >= 0.3 is 0 Å². The molecule has 2 aromatic heterocycles. The van der Waals surface area contributed by atoms with Crippen LogP contribution in [0.25, 0.3) is 0 Å². The molecule has 1 amide bonds. The van der Waals surface area contributed by atoms with E-state index in [1.807, 2.05) is 6.20 Å². The molecule has 1 saturated heterocycles. The molecular formula is C21H30N4OS. The Kier molecular flexibility index (Phi) is 5.12. The quantitative estimate of drug-likeness (QED) is 0.755. The molecule has 1 aliphatic heterocycles. The van der Waals surface area contributed by atoms with Crippen LogP contribution in [0, 0.1) is 5.41 Å². The first-order valence-electron chi connectivity index (χ1n) is 10.0. The summed E-state index contributed by atoms with van der Waals surface area (Å²) in [7, 11) is 0. The molecule has 6 heteroatoms. The molecule has 0 unspecified atom stereocenters. The van der Waals surface area contributed by atoms with Crippen LogP contribution in [0.2, 0.25) is 0 Å². The zero-order chi connectivity index (χ0) is 19.0. The zero-order valence-corrected chi connectivity index (χ0v) is 17.4. The predicted molar refractivity (Wildman–Crippen MR) is 109 cm³/mol. The number of aromatic nitrogens is 2. The van der Waals surface area contributed by atoms with E-state index >= 15 is 0 Å². The smallest absolute Gasteiger partial charge is 0.220 e. The van der Waals surface area contributed by atoms with Crippen LogP contribution >= 0.6 is 11.3 Å². The van der Waals surface area contributed by atoms with Gasteiger partial charge in [-0.1, -0.05) is 0 Å². The Labute approximate surface area is 166 Å². The first kappa shape index (κ1) is 18.7. The van der Waals surface area contributed by atoms with Gasteiger partial charge in [-0.2, -0.15) is 11.3 Å². The summed E-state index contributed by atoms with van der Waals surface area (Å²) in [6, 6.07) is 3.01. The van der Waals surface area contributed by atoms with Gasteiger partial charge in [0.1, 0.15) is 5.82 Å². The lowest BCUT2D eigenvalue weighted by Crippen LogP contribution is -2.40. The molecule has 146 valence electrons. The third-order valence-electron chi connectivity index (χ3n) is 6.38. The lowest BCUT2D eigenvalue weighted by atomic mass is 9.92. The van der Waals surface area contributed by atoms with Crippen molar-refractivity contribution in [1.29, 1.82) is 0 Å². The molecule has 1 atom stereocenters. The van der Waals surface area contributed by atoms with Crippen LogP contribution in [0.15, 0.2) is 29.2 Å². The fourth-order valence-corrected chi connectivity index (χ4v) is 5.28. The molecule has 4 rings (SSSR count). The molecule has 3 heterocycles. The molecule has 1 saturated carbocycles. The molecule has 0 radical (unpaired) electrons. The number of hydrogen-bond acceptors (Lipinski definition) is 4. The van der Waals surface area contributed by atoms with E-state index in [4.69, 9.17) is 0 Å².